The Bertz CT molecular complexity index is 453. The van der Waals surface area contributed by atoms with E-state index in [9.17, 15) is 23.1 Å². The molecule has 14 heavy (non-hydrogen) atoms. The standard InChI is InChI=1S/C7H7NO5S/c9-8(10)7-4-2-1-3-6(7)5-14(11,12)13/h1-4H,5H2,(H,11,12,13)/p-1. The average Bonchev–Trinajstić information content (AvgIpc) is 2.01. The van der Waals surface area contributed by atoms with Crippen molar-refractivity contribution in [3.63, 3.8) is 0 Å². The van der Waals surface area contributed by atoms with Gasteiger partial charge in [0.2, 0.25) is 0 Å². The number of hydrogen-bond acceptors (Lipinski definition) is 5. The van der Waals surface area contributed by atoms with Crippen LogP contribution in [0.15, 0.2) is 24.3 Å². The summed E-state index contributed by atoms with van der Waals surface area (Å²) in [4.78, 5) is 9.69. The Morgan fingerprint density at radius 3 is 2.36 bits per heavy atom. The van der Waals surface area contributed by atoms with Crippen LogP contribution in [0.3, 0.4) is 0 Å². The maximum Gasteiger partial charge on any atom is 0.273 e. The van der Waals surface area contributed by atoms with Gasteiger partial charge < -0.3 is 4.55 Å². The van der Waals surface area contributed by atoms with Crippen molar-refractivity contribution in [2.75, 3.05) is 0 Å². The van der Waals surface area contributed by atoms with Crippen LogP contribution in [0.25, 0.3) is 0 Å². The maximum atomic E-state index is 10.4. The van der Waals surface area contributed by atoms with Crippen molar-refractivity contribution in [1.82, 2.24) is 0 Å². The van der Waals surface area contributed by atoms with Gasteiger partial charge in [-0.1, -0.05) is 18.2 Å². The van der Waals surface area contributed by atoms with Gasteiger partial charge in [-0.05, 0) is 0 Å². The van der Waals surface area contributed by atoms with Gasteiger partial charge in [0.1, 0.15) is 0 Å². The van der Waals surface area contributed by atoms with Crippen molar-refractivity contribution in [2.45, 2.75) is 5.75 Å². The molecule has 0 heterocycles. The quantitative estimate of drug-likeness (QED) is 0.419. The fourth-order valence-electron chi connectivity index (χ4n) is 1.00. The van der Waals surface area contributed by atoms with Gasteiger partial charge in [-0.15, -0.1) is 0 Å². The average molecular weight is 216 g/mol. The lowest BCUT2D eigenvalue weighted by molar-refractivity contribution is -0.385. The maximum absolute atomic E-state index is 10.4. The first-order chi connectivity index (χ1) is 6.40. The Morgan fingerprint density at radius 2 is 1.86 bits per heavy atom. The van der Waals surface area contributed by atoms with E-state index in [1.54, 1.807) is 0 Å². The van der Waals surface area contributed by atoms with Crippen molar-refractivity contribution < 1.29 is 17.9 Å². The Labute approximate surface area is 80.1 Å². The summed E-state index contributed by atoms with van der Waals surface area (Å²) in [6.45, 7) is 0. The van der Waals surface area contributed by atoms with Crippen molar-refractivity contribution in [1.29, 1.82) is 0 Å². The third kappa shape index (κ3) is 2.79. The van der Waals surface area contributed by atoms with Crippen molar-refractivity contribution >= 4 is 15.8 Å². The molecule has 0 atom stereocenters. The molecule has 0 spiro atoms. The number of rotatable bonds is 3. The predicted molar refractivity (Wildman–Crippen MR) is 46.5 cm³/mol. The molecular weight excluding hydrogens is 210 g/mol. The third-order valence-electron chi connectivity index (χ3n) is 1.52. The zero-order valence-corrected chi connectivity index (χ0v) is 7.73. The van der Waals surface area contributed by atoms with E-state index < -0.39 is 20.8 Å². The van der Waals surface area contributed by atoms with Gasteiger partial charge in [0.15, 0.2) is 0 Å². The minimum Gasteiger partial charge on any atom is -0.748 e. The summed E-state index contributed by atoms with van der Waals surface area (Å²) in [6, 6.07) is 5.24. The van der Waals surface area contributed by atoms with Gasteiger partial charge in [0.05, 0.1) is 20.8 Å². The zero-order valence-electron chi connectivity index (χ0n) is 6.91. The Balaban J connectivity index is 3.15. The molecule has 0 bridgehead atoms. The second kappa shape index (κ2) is 3.72. The normalized spacial score (nSPS) is 11.2. The van der Waals surface area contributed by atoms with Crippen LogP contribution in [0.1, 0.15) is 5.56 Å². The van der Waals surface area contributed by atoms with Crippen LogP contribution in [0, 0.1) is 10.1 Å². The molecule has 0 saturated carbocycles. The summed E-state index contributed by atoms with van der Waals surface area (Å²) >= 11 is 0. The molecule has 76 valence electrons. The fraction of sp³-hybridized carbons (Fsp3) is 0.143. The lowest BCUT2D eigenvalue weighted by atomic mass is 10.2. The van der Waals surface area contributed by atoms with Crippen LogP contribution in [-0.2, 0) is 15.9 Å². The second-order valence-electron chi connectivity index (χ2n) is 2.59. The van der Waals surface area contributed by atoms with E-state index in [1.807, 2.05) is 0 Å². The summed E-state index contributed by atoms with van der Waals surface area (Å²) in [5.74, 6) is -0.857. The lowest BCUT2D eigenvalue weighted by Gasteiger charge is -2.06. The lowest BCUT2D eigenvalue weighted by Crippen LogP contribution is -2.04. The summed E-state index contributed by atoms with van der Waals surface area (Å²) in [6.07, 6.45) is 0. The molecule has 7 heteroatoms. The first-order valence-corrected chi connectivity index (χ1v) is 5.14. The number of para-hydroxylation sites is 1. The van der Waals surface area contributed by atoms with Crippen LogP contribution in [0.2, 0.25) is 0 Å². The molecule has 0 aliphatic carbocycles. The van der Waals surface area contributed by atoms with E-state index in [4.69, 9.17) is 0 Å². The number of nitro groups is 1. The minimum atomic E-state index is -4.49. The number of benzene rings is 1. The molecule has 1 aromatic carbocycles. The molecule has 0 radical (unpaired) electrons. The topological polar surface area (TPSA) is 100 Å². The molecule has 6 nitrogen and oxygen atoms in total. The van der Waals surface area contributed by atoms with Crippen LogP contribution < -0.4 is 0 Å². The number of nitrogens with zero attached hydrogens (tertiary/aromatic N) is 1. The summed E-state index contributed by atoms with van der Waals surface area (Å²) in [7, 11) is -4.49. The summed E-state index contributed by atoms with van der Waals surface area (Å²) in [5.41, 5.74) is -0.445. The highest BCUT2D eigenvalue weighted by Crippen LogP contribution is 2.19. The molecule has 1 aromatic rings. The number of nitro benzene ring substituents is 1. The van der Waals surface area contributed by atoms with Gasteiger partial charge in [0, 0.05) is 11.6 Å². The van der Waals surface area contributed by atoms with E-state index in [1.165, 1.54) is 18.2 Å². The van der Waals surface area contributed by atoms with Crippen molar-refractivity contribution in [3.8, 4) is 0 Å². The number of hydrogen-bond donors (Lipinski definition) is 0. The molecular formula is C7H6NO5S-. The summed E-state index contributed by atoms with van der Waals surface area (Å²) < 4.78 is 31.2. The highest BCUT2D eigenvalue weighted by atomic mass is 32.2. The third-order valence-corrected chi connectivity index (χ3v) is 2.19. The van der Waals surface area contributed by atoms with E-state index in [2.05, 4.69) is 0 Å². The van der Waals surface area contributed by atoms with Crippen LogP contribution in [0.5, 0.6) is 0 Å². The Hall–Kier alpha value is -1.47. The second-order valence-corrected chi connectivity index (χ2v) is 3.99. The molecule has 1 rings (SSSR count). The van der Waals surface area contributed by atoms with E-state index in [0.29, 0.717) is 0 Å². The van der Waals surface area contributed by atoms with Crippen LogP contribution >= 0.6 is 0 Å². The van der Waals surface area contributed by atoms with E-state index in [-0.39, 0.29) is 11.3 Å². The first-order valence-electron chi connectivity index (χ1n) is 3.56. The molecule has 0 unspecified atom stereocenters. The highest BCUT2D eigenvalue weighted by Gasteiger charge is 2.13. The van der Waals surface area contributed by atoms with Crippen LogP contribution in [0.4, 0.5) is 5.69 Å². The predicted octanol–water partition coefficient (Wildman–Crippen LogP) is 0.640. The SMILES string of the molecule is O=[N+]([O-])c1ccccc1CS(=O)(=O)[O-]. The van der Waals surface area contributed by atoms with Crippen molar-refractivity contribution in [2.24, 2.45) is 0 Å². The molecule has 0 amide bonds. The van der Waals surface area contributed by atoms with Gasteiger partial charge in [-0.25, -0.2) is 8.42 Å². The summed E-state index contributed by atoms with van der Waals surface area (Å²) in [5, 5.41) is 10.4. The molecule has 0 aliphatic heterocycles. The Kier molecular flexibility index (Phi) is 2.82. The smallest absolute Gasteiger partial charge is 0.273 e. The van der Waals surface area contributed by atoms with Crippen LogP contribution in [-0.4, -0.2) is 17.9 Å². The van der Waals surface area contributed by atoms with Gasteiger partial charge in [-0.3, -0.25) is 10.1 Å². The highest BCUT2D eigenvalue weighted by molar-refractivity contribution is 7.84. The van der Waals surface area contributed by atoms with E-state index in [0.717, 1.165) is 6.07 Å². The van der Waals surface area contributed by atoms with Gasteiger partial charge in [0.25, 0.3) is 5.69 Å². The first kappa shape index (κ1) is 10.6. The zero-order chi connectivity index (χ0) is 10.8. The fourth-order valence-corrected chi connectivity index (χ4v) is 1.63. The van der Waals surface area contributed by atoms with Gasteiger partial charge in [-0.2, -0.15) is 0 Å². The molecule has 0 saturated heterocycles. The minimum absolute atomic E-state index is 0.0903. The molecule has 0 aromatic heterocycles. The largest absolute Gasteiger partial charge is 0.748 e. The van der Waals surface area contributed by atoms with E-state index >= 15 is 0 Å². The van der Waals surface area contributed by atoms with Gasteiger partial charge >= 0.3 is 0 Å². The monoisotopic (exact) mass is 216 g/mol. The molecule has 0 fully saturated rings. The van der Waals surface area contributed by atoms with Crippen molar-refractivity contribution in [3.05, 3.63) is 39.9 Å². The molecule has 0 N–H and O–H groups in total. The Morgan fingerprint density at radius 1 is 1.29 bits per heavy atom. The molecule has 0 aliphatic rings.